The van der Waals surface area contributed by atoms with Crippen molar-refractivity contribution >= 4 is 16.3 Å². The van der Waals surface area contributed by atoms with E-state index in [1.54, 1.807) is 0 Å². The van der Waals surface area contributed by atoms with E-state index in [4.69, 9.17) is 0 Å². The lowest BCUT2D eigenvalue weighted by atomic mass is 9.94. The van der Waals surface area contributed by atoms with Crippen molar-refractivity contribution in [3.63, 3.8) is 0 Å². The second-order valence-corrected chi connectivity index (χ2v) is 6.74. The lowest BCUT2D eigenvalue weighted by molar-refractivity contribution is -0.00736. The van der Waals surface area contributed by atoms with Crippen LogP contribution in [-0.2, 0) is 6.54 Å². The SMILES string of the molecule is Cc1cc(=O)n2nc(CN3CCC(C)(O)CC3)sc2n1. The maximum absolute atomic E-state index is 11.8. The van der Waals surface area contributed by atoms with E-state index in [1.165, 1.54) is 21.9 Å². The van der Waals surface area contributed by atoms with Crippen molar-refractivity contribution in [1.82, 2.24) is 19.5 Å². The van der Waals surface area contributed by atoms with E-state index in [1.807, 2.05) is 13.8 Å². The predicted molar refractivity (Wildman–Crippen MR) is 77.0 cm³/mol. The summed E-state index contributed by atoms with van der Waals surface area (Å²) in [5.74, 6) is 0. The normalized spacial score (nSPS) is 19.6. The van der Waals surface area contributed by atoms with Crippen LogP contribution in [0.2, 0.25) is 0 Å². The Balaban J connectivity index is 1.79. The van der Waals surface area contributed by atoms with Gasteiger partial charge in [-0.3, -0.25) is 9.69 Å². The smallest absolute Gasteiger partial charge is 0.275 e. The minimum Gasteiger partial charge on any atom is -0.390 e. The minimum absolute atomic E-state index is 0.128. The first-order valence-corrected chi connectivity index (χ1v) is 7.56. The van der Waals surface area contributed by atoms with Gasteiger partial charge in [-0.25, -0.2) is 4.98 Å². The topological polar surface area (TPSA) is 70.7 Å². The molecule has 0 unspecified atom stereocenters. The van der Waals surface area contributed by atoms with E-state index in [2.05, 4.69) is 15.0 Å². The van der Waals surface area contributed by atoms with Crippen molar-refractivity contribution in [2.45, 2.75) is 38.8 Å². The molecule has 1 N–H and O–H groups in total. The second-order valence-electron chi connectivity index (χ2n) is 5.70. The highest BCUT2D eigenvalue weighted by molar-refractivity contribution is 7.16. The molecule has 1 aliphatic rings. The Kier molecular flexibility index (Phi) is 3.35. The first-order chi connectivity index (χ1) is 9.43. The van der Waals surface area contributed by atoms with Crippen molar-refractivity contribution < 1.29 is 5.11 Å². The van der Waals surface area contributed by atoms with Crippen molar-refractivity contribution in [3.8, 4) is 0 Å². The molecule has 3 heterocycles. The van der Waals surface area contributed by atoms with Gasteiger partial charge in [0, 0.05) is 24.8 Å². The van der Waals surface area contributed by atoms with E-state index in [-0.39, 0.29) is 5.56 Å². The highest BCUT2D eigenvalue weighted by Gasteiger charge is 2.27. The molecule has 2 aromatic rings. The van der Waals surface area contributed by atoms with Crippen LogP contribution in [0.15, 0.2) is 10.9 Å². The largest absolute Gasteiger partial charge is 0.390 e. The quantitative estimate of drug-likeness (QED) is 0.887. The Bertz CT molecular complexity index is 681. The number of aliphatic hydroxyl groups is 1. The molecule has 0 saturated carbocycles. The number of likely N-dealkylation sites (tertiary alicyclic amines) is 1. The summed E-state index contributed by atoms with van der Waals surface area (Å²) in [7, 11) is 0. The van der Waals surface area contributed by atoms with Crippen LogP contribution in [0.25, 0.3) is 4.96 Å². The van der Waals surface area contributed by atoms with Gasteiger partial charge in [-0.1, -0.05) is 11.3 Å². The number of aromatic nitrogens is 3. The van der Waals surface area contributed by atoms with Gasteiger partial charge in [0.1, 0.15) is 5.01 Å². The van der Waals surface area contributed by atoms with Gasteiger partial charge < -0.3 is 5.11 Å². The van der Waals surface area contributed by atoms with Crippen molar-refractivity contribution in [2.24, 2.45) is 0 Å². The number of hydrogen-bond acceptors (Lipinski definition) is 6. The van der Waals surface area contributed by atoms with Gasteiger partial charge in [0.15, 0.2) is 0 Å². The summed E-state index contributed by atoms with van der Waals surface area (Å²) in [5.41, 5.74) is 0.0514. The molecular formula is C13H18N4O2S. The Morgan fingerprint density at radius 2 is 2.15 bits per heavy atom. The summed E-state index contributed by atoms with van der Waals surface area (Å²) in [4.78, 5) is 19.0. The van der Waals surface area contributed by atoms with Gasteiger partial charge in [0.05, 0.1) is 12.1 Å². The van der Waals surface area contributed by atoms with Crippen LogP contribution in [0.4, 0.5) is 0 Å². The third-order valence-electron chi connectivity index (χ3n) is 3.71. The monoisotopic (exact) mass is 294 g/mol. The predicted octanol–water partition coefficient (Wildman–Crippen LogP) is 0.806. The third kappa shape index (κ3) is 2.74. The van der Waals surface area contributed by atoms with E-state index in [9.17, 15) is 9.90 Å². The number of nitrogens with zero attached hydrogens (tertiary/aromatic N) is 4. The molecule has 3 rings (SSSR count). The van der Waals surface area contributed by atoms with Crippen LogP contribution in [0.5, 0.6) is 0 Å². The van der Waals surface area contributed by atoms with Crippen molar-refractivity contribution in [2.75, 3.05) is 13.1 Å². The molecule has 20 heavy (non-hydrogen) atoms. The maximum atomic E-state index is 11.8. The Morgan fingerprint density at radius 1 is 1.45 bits per heavy atom. The highest BCUT2D eigenvalue weighted by atomic mass is 32.1. The van der Waals surface area contributed by atoms with Crippen molar-refractivity contribution in [3.05, 3.63) is 27.1 Å². The standard InChI is InChI=1S/C13H18N4O2S/c1-9-7-11(18)17-12(14-9)20-10(15-17)8-16-5-3-13(2,19)4-6-16/h7,19H,3-6,8H2,1-2H3. The van der Waals surface area contributed by atoms with E-state index in [0.29, 0.717) is 11.5 Å². The molecule has 0 radical (unpaired) electrons. The van der Waals surface area contributed by atoms with Gasteiger partial charge in [0.2, 0.25) is 4.96 Å². The van der Waals surface area contributed by atoms with Crippen LogP contribution < -0.4 is 5.56 Å². The number of piperidine rings is 1. The molecule has 2 aromatic heterocycles. The fraction of sp³-hybridized carbons (Fsp3) is 0.615. The van der Waals surface area contributed by atoms with Gasteiger partial charge in [0.25, 0.3) is 5.56 Å². The van der Waals surface area contributed by atoms with Crippen LogP contribution in [-0.4, -0.2) is 43.3 Å². The second kappa shape index (κ2) is 4.91. The van der Waals surface area contributed by atoms with Gasteiger partial charge in [-0.15, -0.1) is 0 Å². The van der Waals surface area contributed by atoms with Gasteiger partial charge in [-0.05, 0) is 26.7 Å². The Morgan fingerprint density at radius 3 is 2.85 bits per heavy atom. The van der Waals surface area contributed by atoms with Crippen LogP contribution in [0.1, 0.15) is 30.5 Å². The molecular weight excluding hydrogens is 276 g/mol. The molecule has 7 heteroatoms. The zero-order chi connectivity index (χ0) is 14.3. The fourth-order valence-electron chi connectivity index (χ4n) is 2.41. The number of fused-ring (bicyclic) bond motifs is 1. The number of rotatable bonds is 2. The van der Waals surface area contributed by atoms with Gasteiger partial charge >= 0.3 is 0 Å². The molecule has 1 fully saturated rings. The van der Waals surface area contributed by atoms with Crippen LogP contribution in [0.3, 0.4) is 0 Å². The Hall–Kier alpha value is -1.31. The van der Waals surface area contributed by atoms with Gasteiger partial charge in [-0.2, -0.15) is 9.61 Å². The maximum Gasteiger partial charge on any atom is 0.275 e. The minimum atomic E-state index is -0.542. The first kappa shape index (κ1) is 13.7. The molecule has 0 spiro atoms. The average molecular weight is 294 g/mol. The van der Waals surface area contributed by atoms with Crippen LogP contribution in [0, 0.1) is 6.92 Å². The summed E-state index contributed by atoms with van der Waals surface area (Å²) in [6.45, 7) is 6.11. The van der Waals surface area contributed by atoms with Crippen molar-refractivity contribution in [1.29, 1.82) is 0 Å². The highest BCUT2D eigenvalue weighted by Crippen LogP contribution is 2.23. The molecule has 1 saturated heterocycles. The lowest BCUT2D eigenvalue weighted by Crippen LogP contribution is -2.41. The Labute approximate surface area is 120 Å². The van der Waals surface area contributed by atoms with E-state index >= 15 is 0 Å². The summed E-state index contributed by atoms with van der Waals surface area (Å²) in [6.07, 6.45) is 1.55. The molecule has 108 valence electrons. The molecule has 0 aromatic carbocycles. The summed E-state index contributed by atoms with van der Waals surface area (Å²) < 4.78 is 1.37. The molecule has 0 atom stereocenters. The first-order valence-electron chi connectivity index (χ1n) is 6.74. The van der Waals surface area contributed by atoms with E-state index in [0.717, 1.165) is 36.6 Å². The summed E-state index contributed by atoms with van der Waals surface area (Å²) in [6, 6.07) is 1.49. The summed E-state index contributed by atoms with van der Waals surface area (Å²) in [5, 5.41) is 15.2. The fourth-order valence-corrected chi connectivity index (χ4v) is 3.40. The summed E-state index contributed by atoms with van der Waals surface area (Å²) >= 11 is 1.46. The molecule has 0 amide bonds. The molecule has 6 nitrogen and oxygen atoms in total. The molecule has 0 aliphatic carbocycles. The zero-order valence-corrected chi connectivity index (χ0v) is 12.5. The molecule has 0 bridgehead atoms. The van der Waals surface area contributed by atoms with E-state index < -0.39 is 5.60 Å². The molecule has 1 aliphatic heterocycles. The lowest BCUT2D eigenvalue weighted by Gasteiger charge is -2.35. The number of hydrogen-bond donors (Lipinski definition) is 1. The average Bonchev–Trinajstić information content (AvgIpc) is 2.75. The number of aryl methyl sites for hydroxylation is 1. The zero-order valence-electron chi connectivity index (χ0n) is 11.7. The third-order valence-corrected chi connectivity index (χ3v) is 4.60. The van der Waals surface area contributed by atoms with Crippen LogP contribution >= 0.6 is 11.3 Å².